The standard InChI is InChI=1S/C20H27N3O4S/c1-3-4-5-6-15-27-19-11-13-20(14-12-19)28(25,26)23-18-9-7-17(8-10-18)22-21-16(2)24/h7-14,22-23H,3-6,15H2,1-2H3,(H,21,24). The third-order valence-electron chi connectivity index (χ3n) is 3.92. The van der Waals surface area contributed by atoms with E-state index in [0.29, 0.717) is 23.7 Å². The summed E-state index contributed by atoms with van der Waals surface area (Å²) in [6.07, 6.45) is 4.48. The number of hydrogen-bond donors (Lipinski definition) is 3. The largest absolute Gasteiger partial charge is 0.494 e. The minimum atomic E-state index is -3.70. The highest BCUT2D eigenvalue weighted by molar-refractivity contribution is 7.92. The maximum Gasteiger partial charge on any atom is 0.261 e. The first-order valence-electron chi connectivity index (χ1n) is 9.29. The normalized spacial score (nSPS) is 10.9. The van der Waals surface area contributed by atoms with Crippen LogP contribution in [0.1, 0.15) is 39.5 Å². The van der Waals surface area contributed by atoms with Crippen molar-refractivity contribution in [3.63, 3.8) is 0 Å². The van der Waals surface area contributed by atoms with Crippen LogP contribution in [0.5, 0.6) is 5.75 Å². The fourth-order valence-corrected chi connectivity index (χ4v) is 3.49. The number of carbonyl (C=O) groups is 1. The van der Waals surface area contributed by atoms with Crippen molar-refractivity contribution in [2.45, 2.75) is 44.4 Å². The quantitative estimate of drug-likeness (QED) is 0.389. The van der Waals surface area contributed by atoms with Crippen LogP contribution in [-0.4, -0.2) is 20.9 Å². The number of amides is 1. The molecule has 1 amide bonds. The number of anilines is 2. The predicted octanol–water partition coefficient (Wildman–Crippen LogP) is 3.91. The number of unbranched alkanes of at least 4 members (excludes halogenated alkanes) is 3. The van der Waals surface area contributed by atoms with Gasteiger partial charge in [-0.2, -0.15) is 0 Å². The van der Waals surface area contributed by atoms with E-state index in [-0.39, 0.29) is 10.8 Å². The number of carbonyl (C=O) groups excluding carboxylic acids is 1. The second-order valence-electron chi connectivity index (χ2n) is 6.37. The molecular weight excluding hydrogens is 378 g/mol. The van der Waals surface area contributed by atoms with Gasteiger partial charge in [0.25, 0.3) is 10.0 Å². The molecule has 0 spiro atoms. The van der Waals surface area contributed by atoms with Crippen LogP contribution in [-0.2, 0) is 14.8 Å². The predicted molar refractivity (Wildman–Crippen MR) is 111 cm³/mol. The molecule has 0 aliphatic rings. The van der Waals surface area contributed by atoms with Gasteiger partial charge in [0.2, 0.25) is 5.91 Å². The van der Waals surface area contributed by atoms with Crippen molar-refractivity contribution in [2.75, 3.05) is 16.8 Å². The van der Waals surface area contributed by atoms with Gasteiger partial charge in [-0.1, -0.05) is 26.2 Å². The first-order valence-corrected chi connectivity index (χ1v) is 10.8. The first kappa shape index (κ1) is 21.6. The number of ether oxygens (including phenoxy) is 1. The van der Waals surface area contributed by atoms with Gasteiger partial charge in [0.1, 0.15) is 5.75 Å². The maximum atomic E-state index is 12.5. The number of benzene rings is 2. The lowest BCUT2D eigenvalue weighted by Crippen LogP contribution is -2.26. The molecule has 0 atom stereocenters. The van der Waals surface area contributed by atoms with Gasteiger partial charge in [0.05, 0.1) is 17.2 Å². The molecule has 0 bridgehead atoms. The lowest BCUT2D eigenvalue weighted by molar-refractivity contribution is -0.118. The summed E-state index contributed by atoms with van der Waals surface area (Å²) in [4.78, 5) is 11.0. The van der Waals surface area contributed by atoms with Crippen molar-refractivity contribution in [2.24, 2.45) is 0 Å². The van der Waals surface area contributed by atoms with Crippen molar-refractivity contribution >= 4 is 27.3 Å². The van der Waals surface area contributed by atoms with E-state index in [1.807, 2.05) is 0 Å². The third-order valence-corrected chi connectivity index (χ3v) is 5.32. The van der Waals surface area contributed by atoms with E-state index in [1.54, 1.807) is 36.4 Å². The van der Waals surface area contributed by atoms with Crippen LogP contribution < -0.4 is 20.3 Å². The van der Waals surface area contributed by atoms with Crippen molar-refractivity contribution in [1.82, 2.24) is 5.43 Å². The second-order valence-corrected chi connectivity index (χ2v) is 8.05. The molecule has 28 heavy (non-hydrogen) atoms. The van der Waals surface area contributed by atoms with Gasteiger partial charge >= 0.3 is 0 Å². The van der Waals surface area contributed by atoms with Crippen molar-refractivity contribution in [3.05, 3.63) is 48.5 Å². The Morgan fingerprint density at radius 3 is 2.18 bits per heavy atom. The van der Waals surface area contributed by atoms with Crippen LogP contribution in [0, 0.1) is 0 Å². The van der Waals surface area contributed by atoms with E-state index in [2.05, 4.69) is 22.5 Å². The average molecular weight is 406 g/mol. The average Bonchev–Trinajstić information content (AvgIpc) is 2.67. The molecular formula is C20H27N3O4S. The number of rotatable bonds is 11. The van der Waals surface area contributed by atoms with E-state index in [4.69, 9.17) is 4.74 Å². The fourth-order valence-electron chi connectivity index (χ4n) is 2.43. The van der Waals surface area contributed by atoms with Crippen LogP contribution in [0.15, 0.2) is 53.4 Å². The Bertz CT molecular complexity index is 850. The summed E-state index contributed by atoms with van der Waals surface area (Å²) < 4.78 is 33.2. The molecule has 0 aromatic heterocycles. The molecule has 0 saturated carbocycles. The van der Waals surface area contributed by atoms with Crippen LogP contribution in [0.25, 0.3) is 0 Å². The molecule has 8 heteroatoms. The molecule has 0 heterocycles. The Kier molecular flexibility index (Phi) is 8.13. The molecule has 0 fully saturated rings. The van der Waals surface area contributed by atoms with Crippen molar-refractivity contribution in [3.8, 4) is 5.75 Å². The number of nitrogens with one attached hydrogen (secondary N) is 3. The summed E-state index contributed by atoms with van der Waals surface area (Å²) in [5, 5.41) is 0. The van der Waals surface area contributed by atoms with Crippen molar-refractivity contribution < 1.29 is 17.9 Å². The zero-order chi connectivity index (χ0) is 20.4. The lowest BCUT2D eigenvalue weighted by Gasteiger charge is -2.11. The number of hydrogen-bond acceptors (Lipinski definition) is 5. The molecule has 0 radical (unpaired) electrons. The molecule has 0 saturated heterocycles. The minimum absolute atomic E-state index is 0.159. The molecule has 2 rings (SSSR count). The van der Waals surface area contributed by atoms with Crippen LogP contribution in [0.4, 0.5) is 11.4 Å². The molecule has 7 nitrogen and oxygen atoms in total. The highest BCUT2D eigenvalue weighted by atomic mass is 32.2. The van der Waals surface area contributed by atoms with Gasteiger partial charge in [0.15, 0.2) is 0 Å². The van der Waals surface area contributed by atoms with Gasteiger partial charge in [0, 0.05) is 12.6 Å². The minimum Gasteiger partial charge on any atom is -0.494 e. The Morgan fingerprint density at radius 1 is 0.929 bits per heavy atom. The summed E-state index contributed by atoms with van der Waals surface area (Å²) in [7, 11) is -3.70. The van der Waals surface area contributed by atoms with E-state index in [0.717, 1.165) is 12.8 Å². The summed E-state index contributed by atoms with van der Waals surface area (Å²) in [6, 6.07) is 12.9. The van der Waals surface area contributed by atoms with Gasteiger partial charge < -0.3 is 4.74 Å². The van der Waals surface area contributed by atoms with Gasteiger partial charge in [-0.3, -0.25) is 20.4 Å². The van der Waals surface area contributed by atoms with Crippen LogP contribution in [0.3, 0.4) is 0 Å². The summed E-state index contributed by atoms with van der Waals surface area (Å²) in [5.41, 5.74) is 6.21. The molecule has 2 aromatic carbocycles. The molecule has 3 N–H and O–H groups in total. The van der Waals surface area contributed by atoms with Crippen LogP contribution >= 0.6 is 0 Å². The topological polar surface area (TPSA) is 96.5 Å². The lowest BCUT2D eigenvalue weighted by atomic mass is 10.2. The second kappa shape index (κ2) is 10.6. The van der Waals surface area contributed by atoms with Crippen molar-refractivity contribution in [1.29, 1.82) is 0 Å². The highest BCUT2D eigenvalue weighted by Gasteiger charge is 2.14. The Morgan fingerprint density at radius 2 is 1.57 bits per heavy atom. The SMILES string of the molecule is CCCCCCOc1ccc(S(=O)(=O)Nc2ccc(NNC(C)=O)cc2)cc1. The third kappa shape index (κ3) is 7.11. The highest BCUT2D eigenvalue weighted by Crippen LogP contribution is 2.20. The molecule has 2 aromatic rings. The zero-order valence-corrected chi connectivity index (χ0v) is 17.0. The maximum absolute atomic E-state index is 12.5. The Balaban J connectivity index is 1.92. The molecule has 0 aliphatic heterocycles. The summed E-state index contributed by atoms with van der Waals surface area (Å²) in [6.45, 7) is 4.17. The van der Waals surface area contributed by atoms with Gasteiger partial charge in [-0.25, -0.2) is 8.42 Å². The number of hydrazine groups is 1. The molecule has 152 valence electrons. The molecule has 0 unspecified atom stereocenters. The zero-order valence-electron chi connectivity index (χ0n) is 16.2. The number of sulfonamides is 1. The van der Waals surface area contributed by atoms with E-state index >= 15 is 0 Å². The first-order chi connectivity index (χ1) is 13.4. The molecule has 0 aliphatic carbocycles. The van der Waals surface area contributed by atoms with E-state index < -0.39 is 10.0 Å². The Hall–Kier alpha value is -2.74. The van der Waals surface area contributed by atoms with Crippen LogP contribution in [0.2, 0.25) is 0 Å². The smallest absolute Gasteiger partial charge is 0.261 e. The van der Waals surface area contributed by atoms with Gasteiger partial charge in [-0.05, 0) is 55.0 Å². The van der Waals surface area contributed by atoms with E-state index in [9.17, 15) is 13.2 Å². The summed E-state index contributed by atoms with van der Waals surface area (Å²) >= 11 is 0. The van der Waals surface area contributed by atoms with Gasteiger partial charge in [-0.15, -0.1) is 0 Å². The monoisotopic (exact) mass is 405 g/mol. The fraction of sp³-hybridized carbons (Fsp3) is 0.350. The van der Waals surface area contributed by atoms with E-state index in [1.165, 1.54) is 31.9 Å². The summed E-state index contributed by atoms with van der Waals surface area (Å²) in [5.74, 6) is 0.432. The Labute approximate surface area is 166 Å².